The summed E-state index contributed by atoms with van der Waals surface area (Å²) >= 11 is 1.55. The van der Waals surface area contributed by atoms with Gasteiger partial charge in [0.05, 0.1) is 4.90 Å². The third-order valence-corrected chi connectivity index (χ3v) is 4.43. The summed E-state index contributed by atoms with van der Waals surface area (Å²) < 4.78 is 22.3. The second kappa shape index (κ2) is 6.30. The third kappa shape index (κ3) is 4.07. The lowest BCUT2D eigenvalue weighted by molar-refractivity contribution is 0.102. The quantitative estimate of drug-likeness (QED) is 0.845. The molecule has 3 N–H and O–H groups in total. The van der Waals surface area contributed by atoms with Gasteiger partial charge in [-0.1, -0.05) is 6.07 Å². The predicted molar refractivity (Wildman–Crippen MR) is 84.0 cm³/mol. The molecule has 21 heavy (non-hydrogen) atoms. The Morgan fingerprint density at radius 2 is 1.81 bits per heavy atom. The van der Waals surface area contributed by atoms with Gasteiger partial charge in [0.25, 0.3) is 5.91 Å². The molecule has 1 amide bonds. The van der Waals surface area contributed by atoms with E-state index in [1.807, 2.05) is 18.4 Å². The Kier molecular flexibility index (Phi) is 4.66. The first-order chi connectivity index (χ1) is 9.90. The Morgan fingerprint density at radius 1 is 1.14 bits per heavy atom. The largest absolute Gasteiger partial charge is 0.322 e. The van der Waals surface area contributed by atoms with Crippen LogP contribution in [-0.2, 0) is 10.0 Å². The van der Waals surface area contributed by atoms with Crippen LogP contribution in [0.25, 0.3) is 0 Å². The van der Waals surface area contributed by atoms with Gasteiger partial charge in [0.2, 0.25) is 10.0 Å². The molecule has 0 atom stereocenters. The molecule has 0 unspecified atom stereocenters. The molecule has 0 spiro atoms. The first-order valence-electron chi connectivity index (χ1n) is 5.98. The van der Waals surface area contributed by atoms with Crippen LogP contribution in [0.1, 0.15) is 10.4 Å². The first kappa shape index (κ1) is 15.6. The number of rotatable bonds is 4. The maximum atomic E-state index is 12.1. The highest BCUT2D eigenvalue weighted by molar-refractivity contribution is 7.98. The number of benzene rings is 2. The molecule has 7 heteroatoms. The molecule has 0 bridgehead atoms. The van der Waals surface area contributed by atoms with E-state index in [4.69, 9.17) is 5.14 Å². The lowest BCUT2D eigenvalue weighted by atomic mass is 10.2. The number of nitrogens with one attached hydrogen (secondary N) is 1. The van der Waals surface area contributed by atoms with Crippen LogP contribution in [0.15, 0.2) is 58.3 Å². The summed E-state index contributed by atoms with van der Waals surface area (Å²) in [7, 11) is -3.72. The topological polar surface area (TPSA) is 89.3 Å². The van der Waals surface area contributed by atoms with Gasteiger partial charge in [0, 0.05) is 16.1 Å². The minimum absolute atomic E-state index is 0.00452. The van der Waals surface area contributed by atoms with Gasteiger partial charge in [-0.3, -0.25) is 4.79 Å². The molecular weight excluding hydrogens is 308 g/mol. The van der Waals surface area contributed by atoms with Crippen molar-refractivity contribution in [2.45, 2.75) is 9.79 Å². The zero-order valence-electron chi connectivity index (χ0n) is 11.2. The molecule has 0 saturated heterocycles. The number of nitrogens with two attached hydrogens (primary N) is 1. The Morgan fingerprint density at radius 3 is 2.38 bits per heavy atom. The summed E-state index contributed by atoms with van der Waals surface area (Å²) in [4.78, 5) is 13.1. The number of sulfonamides is 1. The lowest BCUT2D eigenvalue weighted by Gasteiger charge is -2.07. The van der Waals surface area contributed by atoms with Crippen LogP contribution in [0, 0.1) is 0 Å². The number of thioether (sulfide) groups is 1. The van der Waals surface area contributed by atoms with E-state index >= 15 is 0 Å². The van der Waals surface area contributed by atoms with E-state index in [9.17, 15) is 13.2 Å². The summed E-state index contributed by atoms with van der Waals surface area (Å²) in [6.07, 6.45) is 1.93. The molecule has 5 nitrogen and oxygen atoms in total. The summed E-state index contributed by atoms with van der Waals surface area (Å²) in [5.41, 5.74) is 1.04. The van der Waals surface area contributed by atoms with Gasteiger partial charge in [-0.25, -0.2) is 13.6 Å². The van der Waals surface area contributed by atoms with E-state index in [0.29, 0.717) is 11.3 Å². The van der Waals surface area contributed by atoms with Crippen molar-refractivity contribution in [3.63, 3.8) is 0 Å². The molecule has 0 heterocycles. The Labute approximate surface area is 127 Å². The normalized spacial score (nSPS) is 11.1. The van der Waals surface area contributed by atoms with Gasteiger partial charge >= 0.3 is 0 Å². The number of primary sulfonamides is 1. The van der Waals surface area contributed by atoms with Crippen molar-refractivity contribution in [3.05, 3.63) is 54.1 Å². The van der Waals surface area contributed by atoms with Crippen LogP contribution in [-0.4, -0.2) is 20.6 Å². The van der Waals surface area contributed by atoms with Crippen molar-refractivity contribution in [1.82, 2.24) is 0 Å². The standard InChI is InChI=1S/C14H14N2O3S2/c1-20-12-4-2-3-10(9-12)14(17)16-11-5-7-13(8-6-11)21(15,18)19/h2-9H,1H3,(H,16,17)(H2,15,18,19). The maximum Gasteiger partial charge on any atom is 0.255 e. The highest BCUT2D eigenvalue weighted by Gasteiger charge is 2.09. The van der Waals surface area contributed by atoms with Crippen LogP contribution in [0.4, 0.5) is 5.69 Å². The lowest BCUT2D eigenvalue weighted by Crippen LogP contribution is -2.13. The summed E-state index contributed by atoms with van der Waals surface area (Å²) in [5, 5.41) is 7.72. The molecular formula is C14H14N2O3S2. The van der Waals surface area contributed by atoms with Gasteiger partial charge in [-0.2, -0.15) is 0 Å². The molecule has 110 valence electrons. The van der Waals surface area contributed by atoms with Crippen molar-refractivity contribution in [2.24, 2.45) is 5.14 Å². The molecule has 0 aliphatic heterocycles. The number of hydrogen-bond donors (Lipinski definition) is 2. The van der Waals surface area contributed by atoms with Crippen molar-refractivity contribution in [2.75, 3.05) is 11.6 Å². The fourth-order valence-electron chi connectivity index (χ4n) is 1.70. The fraction of sp³-hybridized carbons (Fsp3) is 0.0714. The van der Waals surface area contributed by atoms with Gasteiger partial charge in [0.15, 0.2) is 0 Å². The molecule has 0 fully saturated rings. The maximum absolute atomic E-state index is 12.1. The van der Waals surface area contributed by atoms with Gasteiger partial charge < -0.3 is 5.32 Å². The van der Waals surface area contributed by atoms with E-state index in [1.54, 1.807) is 23.9 Å². The van der Waals surface area contributed by atoms with Gasteiger partial charge in [0.1, 0.15) is 0 Å². The molecule has 0 aliphatic rings. The van der Waals surface area contributed by atoms with Crippen LogP contribution in [0.5, 0.6) is 0 Å². The van der Waals surface area contributed by atoms with Crippen LogP contribution < -0.4 is 10.5 Å². The highest BCUT2D eigenvalue weighted by Crippen LogP contribution is 2.18. The van der Waals surface area contributed by atoms with E-state index in [0.717, 1.165) is 4.90 Å². The second-order valence-electron chi connectivity index (χ2n) is 4.26. The highest BCUT2D eigenvalue weighted by atomic mass is 32.2. The molecule has 0 aliphatic carbocycles. The number of anilines is 1. The fourth-order valence-corrected chi connectivity index (χ4v) is 2.67. The summed E-state index contributed by atoms with van der Waals surface area (Å²) in [5.74, 6) is -0.255. The second-order valence-corrected chi connectivity index (χ2v) is 6.70. The molecule has 2 aromatic rings. The van der Waals surface area contributed by atoms with Gasteiger partial charge in [-0.15, -0.1) is 11.8 Å². The Hall–Kier alpha value is -1.83. The van der Waals surface area contributed by atoms with E-state index in [2.05, 4.69) is 5.32 Å². The van der Waals surface area contributed by atoms with Crippen molar-refractivity contribution in [3.8, 4) is 0 Å². The van der Waals surface area contributed by atoms with Gasteiger partial charge in [-0.05, 0) is 48.7 Å². The minimum Gasteiger partial charge on any atom is -0.322 e. The monoisotopic (exact) mass is 322 g/mol. The van der Waals surface area contributed by atoms with Crippen LogP contribution in [0.3, 0.4) is 0 Å². The van der Waals surface area contributed by atoms with Crippen LogP contribution in [0.2, 0.25) is 0 Å². The van der Waals surface area contributed by atoms with Crippen molar-refractivity contribution < 1.29 is 13.2 Å². The Bertz CT molecular complexity index is 756. The number of hydrogen-bond acceptors (Lipinski definition) is 4. The van der Waals surface area contributed by atoms with Crippen molar-refractivity contribution >= 4 is 33.4 Å². The molecule has 0 aromatic heterocycles. The number of amides is 1. The average Bonchev–Trinajstić information content (AvgIpc) is 2.47. The van der Waals surface area contributed by atoms with E-state index in [-0.39, 0.29) is 10.8 Å². The molecule has 2 aromatic carbocycles. The Balaban J connectivity index is 2.16. The molecule has 0 radical (unpaired) electrons. The summed E-state index contributed by atoms with van der Waals surface area (Å²) in [6, 6.07) is 12.9. The molecule has 0 saturated carbocycles. The van der Waals surface area contributed by atoms with E-state index in [1.165, 1.54) is 24.3 Å². The van der Waals surface area contributed by atoms with Crippen LogP contribution >= 0.6 is 11.8 Å². The molecule has 2 rings (SSSR count). The van der Waals surface area contributed by atoms with E-state index < -0.39 is 10.0 Å². The third-order valence-electron chi connectivity index (χ3n) is 2.77. The zero-order valence-corrected chi connectivity index (χ0v) is 12.9. The first-order valence-corrected chi connectivity index (χ1v) is 8.75. The van der Waals surface area contributed by atoms with Crippen molar-refractivity contribution in [1.29, 1.82) is 0 Å². The SMILES string of the molecule is CSc1cccc(C(=O)Nc2ccc(S(N)(=O)=O)cc2)c1. The number of carbonyl (C=O) groups is 1. The zero-order chi connectivity index (χ0) is 15.5. The average molecular weight is 322 g/mol. The summed E-state index contributed by atoms with van der Waals surface area (Å²) in [6.45, 7) is 0. The predicted octanol–water partition coefficient (Wildman–Crippen LogP) is 2.31. The number of carbonyl (C=O) groups excluding carboxylic acids is 1. The smallest absolute Gasteiger partial charge is 0.255 e. The minimum atomic E-state index is -3.72.